The number of rotatable bonds is 4. The predicted molar refractivity (Wildman–Crippen MR) is 59.0 cm³/mol. The van der Waals surface area contributed by atoms with Crippen LogP contribution in [0.25, 0.3) is 0 Å². The molecule has 2 rings (SSSR count). The molecule has 4 atom stereocenters. The molecule has 0 aromatic heterocycles. The van der Waals surface area contributed by atoms with E-state index in [2.05, 4.69) is 0 Å². The molecule has 0 spiro atoms. The van der Waals surface area contributed by atoms with Crippen LogP contribution >= 0.6 is 0 Å². The summed E-state index contributed by atoms with van der Waals surface area (Å²) in [4.78, 5) is 0. The molecule has 0 bridgehead atoms. The van der Waals surface area contributed by atoms with Crippen LogP contribution in [0, 0.1) is 0 Å². The Balaban J connectivity index is 1.76. The Kier molecular flexibility index (Phi) is 4.09. The highest BCUT2D eigenvalue weighted by Gasteiger charge is 2.41. The Bertz CT molecular complexity index is 342. The first-order chi connectivity index (χ1) is 8.18. The topological polar surface area (TPSA) is 79.2 Å². The molecular weight excluding hydrogens is 224 g/mol. The van der Waals surface area contributed by atoms with Crippen LogP contribution < -0.4 is 0 Å². The lowest BCUT2D eigenvalue weighted by atomic mass is 10.1. The smallest absolute Gasteiger partial charge is 0.184 e. The zero-order chi connectivity index (χ0) is 12.3. The van der Waals surface area contributed by atoms with Crippen LogP contribution in [-0.4, -0.2) is 46.5 Å². The maximum absolute atomic E-state index is 9.51. The van der Waals surface area contributed by atoms with E-state index < -0.39 is 24.6 Å². The fourth-order valence-corrected chi connectivity index (χ4v) is 1.73. The van der Waals surface area contributed by atoms with Crippen molar-refractivity contribution in [1.29, 1.82) is 0 Å². The molecule has 0 saturated carbocycles. The summed E-state index contributed by atoms with van der Waals surface area (Å²) < 4.78 is 10.3. The molecule has 1 saturated heterocycles. The molecule has 0 radical (unpaired) electrons. The van der Waals surface area contributed by atoms with Gasteiger partial charge in [0.25, 0.3) is 0 Å². The average molecular weight is 240 g/mol. The van der Waals surface area contributed by atoms with Gasteiger partial charge in [0.05, 0.1) is 13.2 Å². The molecule has 5 nitrogen and oxygen atoms in total. The highest BCUT2D eigenvalue weighted by molar-refractivity contribution is 5.13. The Labute approximate surface area is 99.2 Å². The van der Waals surface area contributed by atoms with Gasteiger partial charge in [-0.05, 0) is 5.56 Å². The normalized spacial score (nSPS) is 32.9. The van der Waals surface area contributed by atoms with E-state index in [1.165, 1.54) is 0 Å². The second-order valence-corrected chi connectivity index (χ2v) is 4.05. The molecule has 0 aliphatic carbocycles. The van der Waals surface area contributed by atoms with Gasteiger partial charge in [-0.25, -0.2) is 0 Å². The van der Waals surface area contributed by atoms with Crippen molar-refractivity contribution in [2.45, 2.75) is 31.2 Å². The minimum atomic E-state index is -1.34. The zero-order valence-corrected chi connectivity index (χ0v) is 9.27. The molecule has 17 heavy (non-hydrogen) atoms. The van der Waals surface area contributed by atoms with Crippen LogP contribution in [0.5, 0.6) is 0 Å². The molecule has 0 amide bonds. The van der Waals surface area contributed by atoms with Crippen molar-refractivity contribution < 1.29 is 24.8 Å². The first-order valence-electron chi connectivity index (χ1n) is 5.50. The van der Waals surface area contributed by atoms with E-state index >= 15 is 0 Å². The van der Waals surface area contributed by atoms with Crippen molar-refractivity contribution in [3.05, 3.63) is 35.9 Å². The third-order valence-electron chi connectivity index (χ3n) is 2.73. The lowest BCUT2D eigenvalue weighted by Gasteiger charge is -2.14. The monoisotopic (exact) mass is 240 g/mol. The third-order valence-corrected chi connectivity index (χ3v) is 2.73. The molecule has 1 heterocycles. The molecule has 1 aliphatic heterocycles. The predicted octanol–water partition coefficient (Wildman–Crippen LogP) is -0.358. The summed E-state index contributed by atoms with van der Waals surface area (Å²) in [5.41, 5.74) is 1.01. The SMILES string of the molecule is O[C@@H]1[C@@H](O)[C@@H](COCc2ccccc2)O[C@H]1O. The van der Waals surface area contributed by atoms with Gasteiger partial charge in [-0.15, -0.1) is 0 Å². The lowest BCUT2D eigenvalue weighted by molar-refractivity contribution is -0.137. The zero-order valence-electron chi connectivity index (χ0n) is 9.27. The van der Waals surface area contributed by atoms with Crippen LogP contribution in [-0.2, 0) is 16.1 Å². The molecule has 94 valence electrons. The molecule has 1 aromatic rings. The minimum Gasteiger partial charge on any atom is -0.387 e. The van der Waals surface area contributed by atoms with E-state index in [0.717, 1.165) is 5.56 Å². The summed E-state index contributed by atoms with van der Waals surface area (Å²) in [6.45, 7) is 0.532. The molecule has 3 N–H and O–H groups in total. The van der Waals surface area contributed by atoms with E-state index in [0.29, 0.717) is 6.61 Å². The summed E-state index contributed by atoms with van der Waals surface area (Å²) in [7, 11) is 0. The van der Waals surface area contributed by atoms with E-state index in [4.69, 9.17) is 14.6 Å². The van der Waals surface area contributed by atoms with E-state index in [1.54, 1.807) is 0 Å². The molecule has 0 unspecified atom stereocenters. The molecular formula is C12H16O5. The minimum absolute atomic E-state index is 0.129. The largest absolute Gasteiger partial charge is 0.387 e. The fraction of sp³-hybridized carbons (Fsp3) is 0.500. The van der Waals surface area contributed by atoms with Crippen LogP contribution in [0.1, 0.15) is 5.56 Å². The first-order valence-corrected chi connectivity index (χ1v) is 5.50. The standard InChI is InChI=1S/C12H16O5/c13-10-9(17-12(15)11(10)14)7-16-6-8-4-2-1-3-5-8/h1-5,9-15H,6-7H2/t9-,10+,11-,12-/m1/s1. The Hall–Kier alpha value is -0.980. The van der Waals surface area contributed by atoms with Crippen molar-refractivity contribution in [2.75, 3.05) is 6.61 Å². The van der Waals surface area contributed by atoms with E-state index in [9.17, 15) is 10.2 Å². The van der Waals surface area contributed by atoms with Gasteiger partial charge >= 0.3 is 0 Å². The van der Waals surface area contributed by atoms with Crippen LogP contribution in [0.15, 0.2) is 30.3 Å². The highest BCUT2D eigenvalue weighted by Crippen LogP contribution is 2.19. The summed E-state index contributed by atoms with van der Waals surface area (Å²) >= 11 is 0. The molecule has 1 fully saturated rings. The van der Waals surface area contributed by atoms with Crippen molar-refractivity contribution in [1.82, 2.24) is 0 Å². The maximum Gasteiger partial charge on any atom is 0.184 e. The summed E-state index contributed by atoms with van der Waals surface area (Å²) in [6, 6.07) is 9.59. The number of ether oxygens (including phenoxy) is 2. The number of hydrogen-bond donors (Lipinski definition) is 3. The Morgan fingerprint density at radius 3 is 2.35 bits per heavy atom. The molecule has 5 heteroatoms. The van der Waals surface area contributed by atoms with Gasteiger partial charge in [0.2, 0.25) is 0 Å². The maximum atomic E-state index is 9.51. The molecule has 1 aliphatic rings. The van der Waals surface area contributed by atoms with Crippen LogP contribution in [0.2, 0.25) is 0 Å². The Morgan fingerprint density at radius 1 is 1.06 bits per heavy atom. The summed E-state index contributed by atoms with van der Waals surface area (Å²) in [5.74, 6) is 0. The average Bonchev–Trinajstić information content (AvgIpc) is 2.59. The first kappa shape index (κ1) is 12.5. The van der Waals surface area contributed by atoms with Gasteiger partial charge in [-0.2, -0.15) is 0 Å². The summed E-state index contributed by atoms with van der Waals surface area (Å²) in [5, 5.41) is 27.9. The van der Waals surface area contributed by atoms with Crippen molar-refractivity contribution >= 4 is 0 Å². The van der Waals surface area contributed by atoms with Gasteiger partial charge in [0.1, 0.15) is 18.3 Å². The summed E-state index contributed by atoms with van der Waals surface area (Å²) in [6.07, 6.45) is -4.40. The van der Waals surface area contributed by atoms with Gasteiger partial charge < -0.3 is 24.8 Å². The second kappa shape index (κ2) is 5.57. The van der Waals surface area contributed by atoms with E-state index in [1.807, 2.05) is 30.3 Å². The highest BCUT2D eigenvalue weighted by atomic mass is 16.7. The van der Waals surface area contributed by atoms with Gasteiger partial charge in [-0.3, -0.25) is 0 Å². The van der Waals surface area contributed by atoms with E-state index in [-0.39, 0.29) is 6.61 Å². The number of aliphatic hydroxyl groups excluding tert-OH is 3. The molecule has 1 aromatic carbocycles. The van der Waals surface area contributed by atoms with Crippen LogP contribution in [0.3, 0.4) is 0 Å². The second-order valence-electron chi connectivity index (χ2n) is 4.05. The lowest BCUT2D eigenvalue weighted by Crippen LogP contribution is -2.34. The number of hydrogen-bond acceptors (Lipinski definition) is 5. The van der Waals surface area contributed by atoms with Gasteiger partial charge in [0, 0.05) is 0 Å². The van der Waals surface area contributed by atoms with Crippen LogP contribution in [0.4, 0.5) is 0 Å². The van der Waals surface area contributed by atoms with Crippen molar-refractivity contribution in [3.63, 3.8) is 0 Å². The van der Waals surface area contributed by atoms with Crippen molar-refractivity contribution in [2.24, 2.45) is 0 Å². The van der Waals surface area contributed by atoms with Gasteiger partial charge in [0.15, 0.2) is 6.29 Å². The quantitative estimate of drug-likeness (QED) is 0.670. The Morgan fingerprint density at radius 2 is 1.76 bits per heavy atom. The van der Waals surface area contributed by atoms with Crippen molar-refractivity contribution in [3.8, 4) is 0 Å². The third kappa shape index (κ3) is 3.02. The number of benzene rings is 1. The van der Waals surface area contributed by atoms with Gasteiger partial charge in [-0.1, -0.05) is 30.3 Å². The fourth-order valence-electron chi connectivity index (χ4n) is 1.73. The number of aliphatic hydroxyl groups is 3.